The SMILES string of the molecule is O=C(O)c1ccn(CC(F)(F)c2ccccc2)c1. The minimum atomic E-state index is -3.03. The fraction of sp³-hybridized carbons (Fsp3) is 0.154. The lowest BCUT2D eigenvalue weighted by Crippen LogP contribution is -2.20. The van der Waals surface area contributed by atoms with Crippen LogP contribution >= 0.6 is 0 Å². The predicted octanol–water partition coefficient (Wildman–Crippen LogP) is 2.98. The van der Waals surface area contributed by atoms with E-state index in [-0.39, 0.29) is 11.1 Å². The normalized spacial score (nSPS) is 11.4. The average molecular weight is 251 g/mol. The van der Waals surface area contributed by atoms with Crippen molar-refractivity contribution >= 4 is 5.97 Å². The molecule has 5 heteroatoms. The van der Waals surface area contributed by atoms with Gasteiger partial charge in [-0.1, -0.05) is 30.3 Å². The lowest BCUT2D eigenvalue weighted by Gasteiger charge is -2.17. The Bertz CT molecular complexity index is 549. The first kappa shape index (κ1) is 12.3. The third-order valence-electron chi connectivity index (χ3n) is 2.57. The second kappa shape index (κ2) is 4.60. The molecule has 0 bridgehead atoms. The number of carboxylic acid groups (broad SMARTS) is 1. The maximum Gasteiger partial charge on any atom is 0.337 e. The molecule has 0 aliphatic heterocycles. The summed E-state index contributed by atoms with van der Waals surface area (Å²) in [5.74, 6) is -4.16. The van der Waals surface area contributed by atoms with Gasteiger partial charge in [-0.2, -0.15) is 8.78 Å². The van der Waals surface area contributed by atoms with E-state index in [2.05, 4.69) is 0 Å². The van der Waals surface area contributed by atoms with E-state index in [0.717, 1.165) is 0 Å². The highest BCUT2D eigenvalue weighted by molar-refractivity contribution is 5.87. The number of benzene rings is 1. The largest absolute Gasteiger partial charge is 0.478 e. The lowest BCUT2D eigenvalue weighted by molar-refractivity contribution is -0.0222. The lowest BCUT2D eigenvalue weighted by atomic mass is 10.1. The highest BCUT2D eigenvalue weighted by atomic mass is 19.3. The standard InChI is InChI=1S/C13H11F2NO2/c14-13(15,11-4-2-1-3-5-11)9-16-7-6-10(8-16)12(17)18/h1-8H,9H2,(H,17,18). The number of hydrogen-bond acceptors (Lipinski definition) is 1. The van der Waals surface area contributed by atoms with Gasteiger partial charge in [0.2, 0.25) is 0 Å². The van der Waals surface area contributed by atoms with Gasteiger partial charge in [0, 0.05) is 18.0 Å². The van der Waals surface area contributed by atoms with Gasteiger partial charge >= 0.3 is 5.97 Å². The van der Waals surface area contributed by atoms with Crippen LogP contribution in [-0.4, -0.2) is 15.6 Å². The van der Waals surface area contributed by atoms with Crippen molar-refractivity contribution < 1.29 is 18.7 Å². The van der Waals surface area contributed by atoms with Crippen molar-refractivity contribution in [1.29, 1.82) is 0 Å². The van der Waals surface area contributed by atoms with Crippen molar-refractivity contribution in [3.05, 3.63) is 59.9 Å². The van der Waals surface area contributed by atoms with E-state index >= 15 is 0 Å². The summed E-state index contributed by atoms with van der Waals surface area (Å²) >= 11 is 0. The highest BCUT2D eigenvalue weighted by Crippen LogP contribution is 2.29. The van der Waals surface area contributed by atoms with Crippen LogP contribution in [0, 0.1) is 0 Å². The van der Waals surface area contributed by atoms with E-state index in [1.807, 2.05) is 0 Å². The Morgan fingerprint density at radius 3 is 2.44 bits per heavy atom. The highest BCUT2D eigenvalue weighted by Gasteiger charge is 2.31. The molecule has 0 unspecified atom stereocenters. The van der Waals surface area contributed by atoms with Crippen LogP contribution in [0.5, 0.6) is 0 Å². The Balaban J connectivity index is 2.19. The molecule has 18 heavy (non-hydrogen) atoms. The number of carboxylic acids is 1. The van der Waals surface area contributed by atoms with Crippen LogP contribution in [0.4, 0.5) is 8.78 Å². The molecule has 1 heterocycles. The fourth-order valence-electron chi connectivity index (χ4n) is 1.67. The van der Waals surface area contributed by atoms with Gasteiger partial charge in [0.05, 0.1) is 12.1 Å². The van der Waals surface area contributed by atoms with Crippen LogP contribution in [0.1, 0.15) is 15.9 Å². The van der Waals surface area contributed by atoms with Gasteiger partial charge in [0.1, 0.15) is 0 Å². The van der Waals surface area contributed by atoms with Crippen LogP contribution in [0.25, 0.3) is 0 Å². The van der Waals surface area contributed by atoms with Crippen molar-refractivity contribution in [2.24, 2.45) is 0 Å². The molecule has 0 fully saturated rings. The number of halogens is 2. The van der Waals surface area contributed by atoms with Crippen LogP contribution < -0.4 is 0 Å². The Kier molecular flexibility index (Phi) is 3.14. The summed E-state index contributed by atoms with van der Waals surface area (Å²) in [7, 11) is 0. The molecule has 2 rings (SSSR count). The summed E-state index contributed by atoms with van der Waals surface area (Å²) in [6, 6.07) is 8.74. The van der Waals surface area contributed by atoms with Crippen LogP contribution in [0.2, 0.25) is 0 Å². The topological polar surface area (TPSA) is 42.2 Å². The number of carbonyl (C=O) groups is 1. The molecule has 1 N–H and O–H groups in total. The second-order valence-electron chi connectivity index (χ2n) is 3.95. The number of hydrogen-bond donors (Lipinski definition) is 1. The molecule has 0 saturated carbocycles. The summed E-state index contributed by atoms with van der Waals surface area (Å²) in [6.45, 7) is -0.579. The van der Waals surface area contributed by atoms with Gasteiger partial charge in [-0.25, -0.2) is 4.79 Å². The van der Waals surface area contributed by atoms with Crippen molar-refractivity contribution in [2.75, 3.05) is 0 Å². The van der Waals surface area contributed by atoms with E-state index in [9.17, 15) is 13.6 Å². The number of nitrogens with zero attached hydrogens (tertiary/aromatic N) is 1. The molecule has 94 valence electrons. The van der Waals surface area contributed by atoms with E-state index < -0.39 is 18.4 Å². The number of alkyl halides is 2. The molecule has 0 saturated heterocycles. The van der Waals surface area contributed by atoms with Gasteiger partial charge in [-0.3, -0.25) is 0 Å². The van der Waals surface area contributed by atoms with Gasteiger partial charge in [-0.05, 0) is 6.07 Å². The molecule has 1 aromatic heterocycles. The quantitative estimate of drug-likeness (QED) is 0.907. The van der Waals surface area contributed by atoms with E-state index in [4.69, 9.17) is 5.11 Å². The zero-order chi connectivity index (χ0) is 13.2. The van der Waals surface area contributed by atoms with E-state index in [0.29, 0.717) is 0 Å². The molecule has 0 amide bonds. The maximum atomic E-state index is 13.9. The Morgan fingerprint density at radius 2 is 1.89 bits per heavy atom. The van der Waals surface area contributed by atoms with Gasteiger partial charge < -0.3 is 9.67 Å². The molecule has 0 aliphatic carbocycles. The minimum Gasteiger partial charge on any atom is -0.478 e. The van der Waals surface area contributed by atoms with Crippen LogP contribution in [0.15, 0.2) is 48.8 Å². The predicted molar refractivity (Wildman–Crippen MR) is 61.7 cm³/mol. The maximum absolute atomic E-state index is 13.9. The third kappa shape index (κ3) is 2.56. The Labute approximate surface area is 102 Å². The number of aromatic carboxylic acids is 1. The molecule has 2 aromatic rings. The van der Waals surface area contributed by atoms with E-state index in [1.165, 1.54) is 35.2 Å². The molecular formula is C13H11F2NO2. The summed E-state index contributed by atoms with van der Waals surface area (Å²) in [6.07, 6.45) is 2.53. The number of aromatic nitrogens is 1. The van der Waals surface area contributed by atoms with Crippen molar-refractivity contribution in [3.63, 3.8) is 0 Å². The summed E-state index contributed by atoms with van der Waals surface area (Å²) in [5, 5.41) is 8.71. The van der Waals surface area contributed by atoms with Crippen molar-refractivity contribution in [1.82, 2.24) is 4.57 Å². The smallest absolute Gasteiger partial charge is 0.337 e. The van der Waals surface area contributed by atoms with Crippen LogP contribution in [0.3, 0.4) is 0 Å². The summed E-state index contributed by atoms with van der Waals surface area (Å²) in [4.78, 5) is 10.6. The Morgan fingerprint density at radius 1 is 1.22 bits per heavy atom. The average Bonchev–Trinajstić information content (AvgIpc) is 2.78. The van der Waals surface area contributed by atoms with Gasteiger partial charge in [0.15, 0.2) is 0 Å². The van der Waals surface area contributed by atoms with Crippen molar-refractivity contribution in [3.8, 4) is 0 Å². The number of rotatable bonds is 4. The fourth-order valence-corrected chi connectivity index (χ4v) is 1.67. The van der Waals surface area contributed by atoms with Gasteiger partial charge in [-0.15, -0.1) is 0 Å². The zero-order valence-electron chi connectivity index (χ0n) is 9.38. The first-order valence-electron chi connectivity index (χ1n) is 5.31. The molecule has 0 radical (unpaired) electrons. The monoisotopic (exact) mass is 251 g/mol. The summed E-state index contributed by atoms with van der Waals surface area (Å²) < 4.78 is 28.9. The van der Waals surface area contributed by atoms with Crippen LogP contribution in [-0.2, 0) is 12.5 Å². The zero-order valence-corrected chi connectivity index (χ0v) is 9.38. The van der Waals surface area contributed by atoms with Crippen molar-refractivity contribution in [2.45, 2.75) is 12.5 Å². The molecule has 1 aromatic carbocycles. The first-order valence-corrected chi connectivity index (χ1v) is 5.31. The second-order valence-corrected chi connectivity index (χ2v) is 3.95. The molecule has 0 atom stereocenters. The molecular weight excluding hydrogens is 240 g/mol. The first-order chi connectivity index (χ1) is 8.49. The Hall–Kier alpha value is -2.17. The summed E-state index contributed by atoms with van der Waals surface area (Å²) in [5.41, 5.74) is -0.0885. The van der Waals surface area contributed by atoms with E-state index in [1.54, 1.807) is 18.2 Å². The molecule has 0 aliphatic rings. The third-order valence-corrected chi connectivity index (χ3v) is 2.57. The van der Waals surface area contributed by atoms with Gasteiger partial charge in [0.25, 0.3) is 5.92 Å². The molecule has 0 spiro atoms. The minimum absolute atomic E-state index is 0.00105. The molecule has 3 nitrogen and oxygen atoms in total.